The van der Waals surface area contributed by atoms with E-state index in [2.05, 4.69) is 19.1 Å². The molecule has 4 nitrogen and oxygen atoms in total. The number of hydrogen-bond donors (Lipinski definition) is 1. The number of hydrogen-bond acceptors (Lipinski definition) is 3. The molecule has 4 heteroatoms. The third-order valence-corrected chi connectivity index (χ3v) is 4.17. The van der Waals surface area contributed by atoms with Crippen molar-refractivity contribution >= 4 is 16.9 Å². The maximum absolute atomic E-state index is 11.3. The molecule has 0 amide bonds. The molecule has 0 saturated carbocycles. The molecule has 0 saturated heterocycles. The molecule has 1 atom stereocenters. The Kier molecular flexibility index (Phi) is 4.96. The highest BCUT2D eigenvalue weighted by Crippen LogP contribution is 2.21. The van der Waals surface area contributed by atoms with Crippen molar-refractivity contribution in [3.05, 3.63) is 72.0 Å². The van der Waals surface area contributed by atoms with Gasteiger partial charge in [0.15, 0.2) is 0 Å². The Morgan fingerprint density at radius 3 is 2.54 bits per heavy atom. The van der Waals surface area contributed by atoms with Gasteiger partial charge in [-0.3, -0.25) is 9.69 Å². The second kappa shape index (κ2) is 7.32. The standard InChI is InChI=1S/C20H21NO3/c1-15(11-16-7-3-2-4-8-16)21(14-20(22)23)13-18-12-17-9-5-6-10-19(17)24-18/h2-10,12,15H,11,13-14H2,1H3,(H,22,23). The molecule has 1 N–H and O–H groups in total. The summed E-state index contributed by atoms with van der Waals surface area (Å²) in [6.45, 7) is 2.53. The summed E-state index contributed by atoms with van der Waals surface area (Å²) in [6, 6.07) is 20.0. The summed E-state index contributed by atoms with van der Waals surface area (Å²) < 4.78 is 5.85. The van der Waals surface area contributed by atoms with Crippen LogP contribution in [0, 0.1) is 0 Å². The van der Waals surface area contributed by atoms with Crippen LogP contribution < -0.4 is 0 Å². The molecule has 0 fully saturated rings. The molecule has 1 unspecified atom stereocenters. The molecule has 0 spiro atoms. The maximum Gasteiger partial charge on any atom is 0.317 e. The molecule has 3 rings (SSSR count). The predicted octanol–water partition coefficient (Wildman–Crippen LogP) is 3.95. The zero-order valence-electron chi connectivity index (χ0n) is 13.7. The zero-order valence-corrected chi connectivity index (χ0v) is 13.7. The second-order valence-electron chi connectivity index (χ2n) is 6.09. The average molecular weight is 323 g/mol. The van der Waals surface area contributed by atoms with E-state index in [0.29, 0.717) is 6.54 Å². The number of furan rings is 1. The molecule has 0 aliphatic heterocycles. The molecule has 3 aromatic rings. The van der Waals surface area contributed by atoms with Crippen LogP contribution in [0.2, 0.25) is 0 Å². The van der Waals surface area contributed by atoms with Crippen LogP contribution in [0.3, 0.4) is 0 Å². The third kappa shape index (κ3) is 4.03. The van der Waals surface area contributed by atoms with E-state index in [1.54, 1.807) is 0 Å². The van der Waals surface area contributed by atoms with E-state index in [1.165, 1.54) is 5.56 Å². The Balaban J connectivity index is 1.76. The van der Waals surface area contributed by atoms with Gasteiger partial charge in [0.05, 0.1) is 13.1 Å². The van der Waals surface area contributed by atoms with Gasteiger partial charge in [-0.2, -0.15) is 0 Å². The lowest BCUT2D eigenvalue weighted by molar-refractivity contribution is -0.139. The van der Waals surface area contributed by atoms with Crippen LogP contribution in [0.25, 0.3) is 11.0 Å². The molecular formula is C20H21NO3. The van der Waals surface area contributed by atoms with Gasteiger partial charge in [0, 0.05) is 11.4 Å². The van der Waals surface area contributed by atoms with Gasteiger partial charge in [-0.25, -0.2) is 0 Å². The van der Waals surface area contributed by atoms with Crippen molar-refractivity contribution < 1.29 is 14.3 Å². The number of rotatable bonds is 7. The lowest BCUT2D eigenvalue weighted by atomic mass is 10.1. The molecule has 1 aromatic heterocycles. The average Bonchev–Trinajstić information content (AvgIpc) is 2.97. The summed E-state index contributed by atoms with van der Waals surface area (Å²) in [4.78, 5) is 13.2. The van der Waals surface area contributed by atoms with Gasteiger partial charge in [-0.1, -0.05) is 48.5 Å². The van der Waals surface area contributed by atoms with Crippen molar-refractivity contribution in [2.45, 2.75) is 25.9 Å². The van der Waals surface area contributed by atoms with E-state index in [4.69, 9.17) is 4.42 Å². The largest absolute Gasteiger partial charge is 0.480 e. The Labute approximate surface area is 141 Å². The molecule has 0 radical (unpaired) electrons. The Morgan fingerprint density at radius 1 is 1.12 bits per heavy atom. The van der Waals surface area contributed by atoms with Gasteiger partial charge < -0.3 is 9.52 Å². The van der Waals surface area contributed by atoms with Gasteiger partial charge in [-0.05, 0) is 31.0 Å². The SMILES string of the molecule is CC(Cc1ccccc1)N(CC(=O)O)Cc1cc2ccccc2o1. The molecule has 2 aromatic carbocycles. The first-order valence-corrected chi connectivity index (χ1v) is 8.09. The minimum absolute atomic E-state index is 0.00888. The quantitative estimate of drug-likeness (QED) is 0.715. The molecule has 0 aliphatic rings. The van der Waals surface area contributed by atoms with Crippen LogP contribution in [0.5, 0.6) is 0 Å². The van der Waals surface area contributed by atoms with Crippen molar-refractivity contribution in [2.24, 2.45) is 0 Å². The number of aliphatic carboxylic acids is 1. The zero-order chi connectivity index (χ0) is 16.9. The van der Waals surface area contributed by atoms with E-state index in [0.717, 1.165) is 23.2 Å². The van der Waals surface area contributed by atoms with Crippen LogP contribution >= 0.6 is 0 Å². The first-order chi connectivity index (χ1) is 11.6. The smallest absolute Gasteiger partial charge is 0.317 e. The van der Waals surface area contributed by atoms with E-state index < -0.39 is 5.97 Å². The van der Waals surface area contributed by atoms with Crippen molar-refractivity contribution in [1.29, 1.82) is 0 Å². The topological polar surface area (TPSA) is 53.7 Å². The fraction of sp³-hybridized carbons (Fsp3) is 0.250. The Bertz CT molecular complexity index is 777. The molecular weight excluding hydrogens is 302 g/mol. The van der Waals surface area contributed by atoms with E-state index in [9.17, 15) is 9.90 Å². The number of carboxylic acids is 1. The first-order valence-electron chi connectivity index (χ1n) is 8.09. The summed E-state index contributed by atoms with van der Waals surface area (Å²) >= 11 is 0. The summed E-state index contributed by atoms with van der Waals surface area (Å²) in [6.07, 6.45) is 0.800. The lowest BCUT2D eigenvalue weighted by Crippen LogP contribution is -2.38. The van der Waals surface area contributed by atoms with Crippen LogP contribution in [0.15, 0.2) is 65.1 Å². The highest BCUT2D eigenvalue weighted by atomic mass is 16.4. The van der Waals surface area contributed by atoms with Crippen LogP contribution in [0.4, 0.5) is 0 Å². The van der Waals surface area contributed by atoms with Crippen molar-refractivity contribution in [2.75, 3.05) is 6.54 Å². The number of nitrogens with zero attached hydrogens (tertiary/aromatic N) is 1. The maximum atomic E-state index is 11.3. The number of carboxylic acid groups (broad SMARTS) is 1. The molecule has 1 heterocycles. The lowest BCUT2D eigenvalue weighted by Gasteiger charge is -2.26. The molecule has 124 valence electrons. The highest BCUT2D eigenvalue weighted by Gasteiger charge is 2.19. The van der Waals surface area contributed by atoms with Gasteiger partial charge in [0.2, 0.25) is 0 Å². The van der Waals surface area contributed by atoms with Crippen LogP contribution in [-0.4, -0.2) is 28.6 Å². The van der Waals surface area contributed by atoms with E-state index in [1.807, 2.05) is 53.4 Å². The number of fused-ring (bicyclic) bond motifs is 1. The van der Waals surface area contributed by atoms with Crippen molar-refractivity contribution in [3.63, 3.8) is 0 Å². The molecule has 24 heavy (non-hydrogen) atoms. The summed E-state index contributed by atoms with van der Waals surface area (Å²) in [5, 5.41) is 10.3. The Hall–Kier alpha value is -2.59. The molecule has 0 bridgehead atoms. The first kappa shape index (κ1) is 16.3. The highest BCUT2D eigenvalue weighted by molar-refractivity contribution is 5.77. The fourth-order valence-corrected chi connectivity index (χ4v) is 2.94. The van der Waals surface area contributed by atoms with Crippen LogP contribution in [0.1, 0.15) is 18.2 Å². The van der Waals surface area contributed by atoms with E-state index in [-0.39, 0.29) is 12.6 Å². The predicted molar refractivity (Wildman–Crippen MR) is 93.9 cm³/mol. The monoisotopic (exact) mass is 323 g/mol. The number of para-hydroxylation sites is 1. The Morgan fingerprint density at radius 2 is 1.83 bits per heavy atom. The van der Waals surface area contributed by atoms with Crippen molar-refractivity contribution in [1.82, 2.24) is 4.90 Å². The minimum atomic E-state index is -0.828. The van der Waals surface area contributed by atoms with Gasteiger partial charge in [-0.15, -0.1) is 0 Å². The normalized spacial score (nSPS) is 12.6. The van der Waals surface area contributed by atoms with E-state index >= 15 is 0 Å². The second-order valence-corrected chi connectivity index (χ2v) is 6.09. The minimum Gasteiger partial charge on any atom is -0.480 e. The summed E-state index contributed by atoms with van der Waals surface area (Å²) in [5.41, 5.74) is 2.03. The number of carbonyl (C=O) groups is 1. The summed E-state index contributed by atoms with van der Waals surface area (Å²) in [7, 11) is 0. The van der Waals surface area contributed by atoms with Crippen molar-refractivity contribution in [3.8, 4) is 0 Å². The third-order valence-electron chi connectivity index (χ3n) is 4.17. The molecule has 0 aliphatic carbocycles. The van der Waals surface area contributed by atoms with Gasteiger partial charge in [0.25, 0.3) is 0 Å². The van der Waals surface area contributed by atoms with Crippen LogP contribution in [-0.2, 0) is 17.8 Å². The van der Waals surface area contributed by atoms with Gasteiger partial charge in [0.1, 0.15) is 11.3 Å². The number of benzene rings is 2. The summed E-state index contributed by atoms with van der Waals surface area (Å²) in [5.74, 6) is -0.0385. The van der Waals surface area contributed by atoms with Gasteiger partial charge >= 0.3 is 5.97 Å². The fourth-order valence-electron chi connectivity index (χ4n) is 2.94.